The van der Waals surface area contributed by atoms with Crippen molar-refractivity contribution in [1.82, 2.24) is 4.90 Å². The Labute approximate surface area is 157 Å². The molecule has 8 heteroatoms. The second-order valence-corrected chi connectivity index (χ2v) is 8.12. The molecular formula is C19H20N2O5S. The Morgan fingerprint density at radius 3 is 2.41 bits per heavy atom. The minimum Gasteiger partial charge on any atom is -0.480 e. The summed E-state index contributed by atoms with van der Waals surface area (Å²) in [6.45, 7) is 2.18. The maximum atomic E-state index is 12.6. The molecule has 2 N–H and O–H groups in total. The third-order valence-electron chi connectivity index (χ3n) is 4.60. The van der Waals surface area contributed by atoms with Crippen LogP contribution in [0.25, 0.3) is 0 Å². The molecule has 27 heavy (non-hydrogen) atoms. The molecule has 1 amide bonds. The molecule has 0 aromatic heterocycles. The molecule has 0 aliphatic carbocycles. The number of hydrogen-bond acceptors (Lipinski definition) is 4. The second-order valence-electron chi connectivity index (χ2n) is 6.44. The van der Waals surface area contributed by atoms with Gasteiger partial charge >= 0.3 is 5.97 Å². The Morgan fingerprint density at radius 1 is 1.11 bits per heavy atom. The Kier molecular flexibility index (Phi) is 5.18. The van der Waals surface area contributed by atoms with Crippen LogP contribution in [-0.2, 0) is 14.8 Å². The Bertz CT molecular complexity index is 970. The number of nitrogens with zero attached hydrogens (tertiary/aromatic N) is 1. The van der Waals surface area contributed by atoms with Gasteiger partial charge in [0.2, 0.25) is 0 Å². The summed E-state index contributed by atoms with van der Waals surface area (Å²) in [5, 5.41) is 9.21. The molecule has 0 spiro atoms. The lowest BCUT2D eigenvalue weighted by Crippen LogP contribution is -2.40. The van der Waals surface area contributed by atoms with Crippen LogP contribution in [0, 0.1) is 6.92 Å². The fourth-order valence-corrected chi connectivity index (χ4v) is 4.23. The molecule has 1 atom stereocenters. The third-order valence-corrected chi connectivity index (χ3v) is 5.98. The van der Waals surface area contributed by atoms with Crippen molar-refractivity contribution in [1.29, 1.82) is 0 Å². The van der Waals surface area contributed by atoms with Crippen LogP contribution in [0.5, 0.6) is 0 Å². The molecule has 1 fully saturated rings. The Balaban J connectivity index is 1.79. The Morgan fingerprint density at radius 2 is 1.78 bits per heavy atom. The van der Waals surface area contributed by atoms with Crippen LogP contribution in [0.1, 0.15) is 28.8 Å². The van der Waals surface area contributed by atoms with Crippen molar-refractivity contribution in [2.75, 3.05) is 11.3 Å². The average Bonchev–Trinajstić information content (AvgIpc) is 3.13. The van der Waals surface area contributed by atoms with E-state index in [2.05, 4.69) is 4.72 Å². The van der Waals surface area contributed by atoms with Gasteiger partial charge in [0, 0.05) is 12.1 Å². The van der Waals surface area contributed by atoms with Gasteiger partial charge in [0.05, 0.1) is 10.6 Å². The molecule has 1 saturated heterocycles. The molecule has 3 rings (SSSR count). The summed E-state index contributed by atoms with van der Waals surface area (Å²) >= 11 is 0. The van der Waals surface area contributed by atoms with Crippen molar-refractivity contribution in [3.63, 3.8) is 0 Å². The Hall–Kier alpha value is -2.87. The largest absolute Gasteiger partial charge is 0.480 e. The van der Waals surface area contributed by atoms with Crippen LogP contribution in [0.3, 0.4) is 0 Å². The van der Waals surface area contributed by atoms with E-state index < -0.39 is 27.9 Å². The third kappa shape index (κ3) is 3.95. The molecular weight excluding hydrogens is 368 g/mol. The normalized spacial score (nSPS) is 16.9. The minimum absolute atomic E-state index is 0.0264. The van der Waals surface area contributed by atoms with E-state index in [-0.39, 0.29) is 10.5 Å². The number of likely N-dealkylation sites (tertiary alicyclic amines) is 1. The predicted molar refractivity (Wildman–Crippen MR) is 100 cm³/mol. The lowest BCUT2D eigenvalue weighted by atomic mass is 10.1. The number of carbonyl (C=O) groups excluding carboxylic acids is 1. The number of carboxylic acid groups (broad SMARTS) is 1. The summed E-state index contributed by atoms with van der Waals surface area (Å²) < 4.78 is 27.6. The van der Waals surface area contributed by atoms with Crippen molar-refractivity contribution in [3.05, 3.63) is 59.7 Å². The smallest absolute Gasteiger partial charge is 0.326 e. The molecule has 1 aliphatic heterocycles. The number of carbonyl (C=O) groups is 2. The van der Waals surface area contributed by atoms with Gasteiger partial charge < -0.3 is 10.0 Å². The number of sulfonamides is 1. The first-order chi connectivity index (χ1) is 12.8. The van der Waals surface area contributed by atoms with Gasteiger partial charge in [-0.3, -0.25) is 9.52 Å². The van der Waals surface area contributed by atoms with Gasteiger partial charge in [-0.2, -0.15) is 0 Å². The zero-order chi connectivity index (χ0) is 19.6. The minimum atomic E-state index is -3.79. The maximum absolute atomic E-state index is 12.6. The first kappa shape index (κ1) is 18.9. The highest BCUT2D eigenvalue weighted by Gasteiger charge is 2.34. The first-order valence-corrected chi connectivity index (χ1v) is 10.0. The van der Waals surface area contributed by atoms with Gasteiger partial charge in [-0.25, -0.2) is 13.2 Å². The number of nitrogens with one attached hydrogen (secondary N) is 1. The van der Waals surface area contributed by atoms with Gasteiger partial charge in [-0.05, 0) is 55.7 Å². The molecule has 0 radical (unpaired) electrons. The van der Waals surface area contributed by atoms with E-state index in [0.717, 1.165) is 5.56 Å². The van der Waals surface area contributed by atoms with E-state index in [1.54, 1.807) is 25.1 Å². The second kappa shape index (κ2) is 7.40. The standard InChI is InChI=1S/C19H20N2O5S/c1-13-5-2-3-6-16(13)20-27(25,26)15-10-8-14(9-11-15)18(22)21-12-4-7-17(21)19(23)24/h2-3,5-6,8-11,17,20H,4,7,12H2,1H3,(H,23,24)/t17-/m1/s1. The summed E-state index contributed by atoms with van der Waals surface area (Å²) in [7, 11) is -3.79. The number of aliphatic carboxylic acids is 1. The van der Waals surface area contributed by atoms with E-state index in [1.807, 2.05) is 6.07 Å². The molecule has 2 aromatic rings. The number of para-hydroxylation sites is 1. The molecule has 7 nitrogen and oxygen atoms in total. The number of hydrogen-bond donors (Lipinski definition) is 2. The molecule has 0 unspecified atom stereocenters. The van der Waals surface area contributed by atoms with Gasteiger partial charge in [-0.15, -0.1) is 0 Å². The van der Waals surface area contributed by atoms with E-state index >= 15 is 0 Å². The quantitative estimate of drug-likeness (QED) is 0.819. The number of carboxylic acids is 1. The van der Waals surface area contributed by atoms with Crippen LogP contribution in [0.4, 0.5) is 5.69 Å². The van der Waals surface area contributed by atoms with Gasteiger partial charge in [0.1, 0.15) is 6.04 Å². The SMILES string of the molecule is Cc1ccccc1NS(=O)(=O)c1ccc(C(=O)N2CCC[C@@H]2C(=O)O)cc1. The van der Waals surface area contributed by atoms with E-state index in [4.69, 9.17) is 0 Å². The van der Waals surface area contributed by atoms with Crippen molar-refractivity contribution >= 4 is 27.6 Å². The molecule has 142 valence electrons. The topological polar surface area (TPSA) is 104 Å². The van der Waals surface area contributed by atoms with E-state index in [9.17, 15) is 23.1 Å². The lowest BCUT2D eigenvalue weighted by Gasteiger charge is -2.21. The van der Waals surface area contributed by atoms with Crippen molar-refractivity contribution in [2.45, 2.75) is 30.7 Å². The van der Waals surface area contributed by atoms with Crippen molar-refractivity contribution in [3.8, 4) is 0 Å². The summed E-state index contributed by atoms with van der Waals surface area (Å²) in [6.07, 6.45) is 1.06. The highest BCUT2D eigenvalue weighted by molar-refractivity contribution is 7.92. The van der Waals surface area contributed by atoms with Crippen LogP contribution < -0.4 is 4.72 Å². The summed E-state index contributed by atoms with van der Waals surface area (Å²) in [4.78, 5) is 25.2. The van der Waals surface area contributed by atoms with Gasteiger partial charge in [0.25, 0.3) is 15.9 Å². The highest BCUT2D eigenvalue weighted by atomic mass is 32.2. The lowest BCUT2D eigenvalue weighted by molar-refractivity contribution is -0.141. The van der Waals surface area contributed by atoms with Crippen LogP contribution in [0.15, 0.2) is 53.4 Å². The number of aryl methyl sites for hydroxylation is 1. The van der Waals surface area contributed by atoms with Crippen molar-refractivity contribution < 1.29 is 23.1 Å². The molecule has 2 aromatic carbocycles. The summed E-state index contributed by atoms with van der Waals surface area (Å²) in [5.41, 5.74) is 1.54. The number of rotatable bonds is 5. The fourth-order valence-electron chi connectivity index (χ4n) is 3.10. The summed E-state index contributed by atoms with van der Waals surface area (Å²) in [5.74, 6) is -1.43. The average molecular weight is 388 g/mol. The number of anilines is 1. The molecule has 1 aliphatic rings. The number of benzene rings is 2. The van der Waals surface area contributed by atoms with Gasteiger partial charge in [0.15, 0.2) is 0 Å². The zero-order valence-corrected chi connectivity index (χ0v) is 15.6. The zero-order valence-electron chi connectivity index (χ0n) is 14.8. The fraction of sp³-hybridized carbons (Fsp3) is 0.263. The summed E-state index contributed by atoms with van der Waals surface area (Å²) in [6, 6.07) is 11.7. The van der Waals surface area contributed by atoms with Crippen LogP contribution in [0.2, 0.25) is 0 Å². The van der Waals surface area contributed by atoms with E-state index in [0.29, 0.717) is 25.1 Å². The predicted octanol–water partition coefficient (Wildman–Crippen LogP) is 2.49. The molecule has 0 bridgehead atoms. The monoisotopic (exact) mass is 388 g/mol. The van der Waals surface area contributed by atoms with Crippen LogP contribution >= 0.6 is 0 Å². The number of amides is 1. The maximum Gasteiger partial charge on any atom is 0.326 e. The highest BCUT2D eigenvalue weighted by Crippen LogP contribution is 2.23. The van der Waals surface area contributed by atoms with Gasteiger partial charge in [-0.1, -0.05) is 18.2 Å². The molecule has 0 saturated carbocycles. The first-order valence-electron chi connectivity index (χ1n) is 8.52. The van der Waals surface area contributed by atoms with Crippen LogP contribution in [-0.4, -0.2) is 42.9 Å². The van der Waals surface area contributed by atoms with E-state index in [1.165, 1.54) is 29.2 Å². The molecule has 1 heterocycles. The van der Waals surface area contributed by atoms with Crippen molar-refractivity contribution in [2.24, 2.45) is 0 Å².